The quantitative estimate of drug-likeness (QED) is 0.676. The molecule has 2 atom stereocenters. The van der Waals surface area contributed by atoms with Gasteiger partial charge in [0.1, 0.15) is 0 Å². The van der Waals surface area contributed by atoms with Crippen molar-refractivity contribution in [2.75, 3.05) is 0 Å². The number of hydrogen-bond donors (Lipinski definition) is 1. The molecule has 0 fully saturated rings. The third-order valence-corrected chi connectivity index (χ3v) is 1.81. The van der Waals surface area contributed by atoms with Gasteiger partial charge in [0.15, 0.2) is 0 Å². The first-order chi connectivity index (χ1) is 5.22. The first-order valence-corrected chi connectivity index (χ1v) is 4.02. The third-order valence-electron chi connectivity index (χ3n) is 1.58. The number of halogens is 1. The molecule has 2 heteroatoms. The van der Waals surface area contributed by atoms with E-state index in [2.05, 4.69) is 0 Å². The molecular weight excluding hydrogens is 160 g/mol. The van der Waals surface area contributed by atoms with E-state index in [1.54, 1.807) is 6.92 Å². The van der Waals surface area contributed by atoms with Crippen LogP contribution in [0.2, 0.25) is 0 Å². The van der Waals surface area contributed by atoms with Crippen LogP contribution in [0.5, 0.6) is 0 Å². The molecule has 1 N–H and O–H groups in total. The van der Waals surface area contributed by atoms with Crippen LogP contribution >= 0.6 is 11.6 Å². The monoisotopic (exact) mass is 170 g/mol. The smallest absolute Gasteiger partial charge is 0.0950 e. The third kappa shape index (κ3) is 2.21. The highest BCUT2D eigenvalue weighted by atomic mass is 35.5. The topological polar surface area (TPSA) is 20.2 Å². The second-order valence-electron chi connectivity index (χ2n) is 2.53. The summed E-state index contributed by atoms with van der Waals surface area (Å²) in [4.78, 5) is 0. The van der Waals surface area contributed by atoms with Gasteiger partial charge in [0, 0.05) is 0 Å². The van der Waals surface area contributed by atoms with Crippen LogP contribution in [0.1, 0.15) is 18.6 Å². The molecule has 1 aromatic rings. The zero-order valence-electron chi connectivity index (χ0n) is 6.37. The zero-order chi connectivity index (χ0) is 8.27. The van der Waals surface area contributed by atoms with Gasteiger partial charge in [0.25, 0.3) is 0 Å². The Kier molecular flexibility index (Phi) is 2.92. The zero-order valence-corrected chi connectivity index (χ0v) is 7.12. The summed E-state index contributed by atoms with van der Waals surface area (Å²) >= 11 is 5.71. The second-order valence-corrected chi connectivity index (χ2v) is 3.22. The fourth-order valence-electron chi connectivity index (χ4n) is 0.915. The van der Waals surface area contributed by atoms with Crippen LogP contribution in [0.25, 0.3) is 0 Å². The SMILES string of the molecule is CC(Cl)C(O)c1ccccc1. The first kappa shape index (κ1) is 8.57. The van der Waals surface area contributed by atoms with Crippen LogP contribution < -0.4 is 0 Å². The van der Waals surface area contributed by atoms with Crippen LogP contribution in [0, 0.1) is 0 Å². The van der Waals surface area contributed by atoms with Crippen molar-refractivity contribution in [3.63, 3.8) is 0 Å². The minimum absolute atomic E-state index is 0.239. The molecule has 0 aromatic heterocycles. The number of alkyl halides is 1. The molecule has 1 rings (SSSR count). The average Bonchev–Trinajstić information content (AvgIpc) is 2.05. The Balaban J connectivity index is 2.77. The van der Waals surface area contributed by atoms with Gasteiger partial charge in [-0.3, -0.25) is 0 Å². The molecule has 0 aliphatic rings. The Morgan fingerprint density at radius 2 is 1.82 bits per heavy atom. The highest BCUT2D eigenvalue weighted by Gasteiger charge is 2.11. The van der Waals surface area contributed by atoms with Gasteiger partial charge in [-0.05, 0) is 12.5 Å². The van der Waals surface area contributed by atoms with E-state index in [9.17, 15) is 5.11 Å². The predicted molar refractivity (Wildman–Crippen MR) is 46.7 cm³/mol. The van der Waals surface area contributed by atoms with E-state index in [1.165, 1.54) is 0 Å². The van der Waals surface area contributed by atoms with Gasteiger partial charge in [0.2, 0.25) is 0 Å². The molecule has 1 nitrogen and oxygen atoms in total. The molecule has 2 unspecified atom stereocenters. The molecule has 0 radical (unpaired) electrons. The molecule has 0 amide bonds. The van der Waals surface area contributed by atoms with Crippen molar-refractivity contribution in [3.8, 4) is 0 Å². The van der Waals surface area contributed by atoms with Crippen LogP contribution in [0.4, 0.5) is 0 Å². The minimum atomic E-state index is -0.558. The van der Waals surface area contributed by atoms with Crippen molar-refractivity contribution in [1.82, 2.24) is 0 Å². The molecule has 0 aliphatic carbocycles. The Morgan fingerprint density at radius 1 is 1.27 bits per heavy atom. The predicted octanol–water partition coefficient (Wildman–Crippen LogP) is 2.35. The summed E-state index contributed by atoms with van der Waals surface area (Å²) in [5.74, 6) is 0. The Hall–Kier alpha value is -0.530. The van der Waals surface area contributed by atoms with Crippen LogP contribution in [-0.2, 0) is 0 Å². The van der Waals surface area contributed by atoms with Gasteiger partial charge in [-0.2, -0.15) is 0 Å². The number of aliphatic hydroxyl groups excluding tert-OH is 1. The van der Waals surface area contributed by atoms with Gasteiger partial charge in [-0.1, -0.05) is 30.3 Å². The molecule has 0 saturated heterocycles. The number of benzene rings is 1. The van der Waals surface area contributed by atoms with Gasteiger partial charge in [-0.25, -0.2) is 0 Å². The van der Waals surface area contributed by atoms with Gasteiger partial charge in [-0.15, -0.1) is 11.6 Å². The summed E-state index contributed by atoms with van der Waals surface area (Å²) < 4.78 is 0. The minimum Gasteiger partial charge on any atom is -0.387 e. The summed E-state index contributed by atoms with van der Waals surface area (Å²) in [6, 6.07) is 9.41. The molecule has 0 aliphatic heterocycles. The maximum atomic E-state index is 9.47. The van der Waals surface area contributed by atoms with Crippen LogP contribution in [0.15, 0.2) is 30.3 Å². The highest BCUT2D eigenvalue weighted by Crippen LogP contribution is 2.19. The Bertz CT molecular complexity index is 208. The lowest BCUT2D eigenvalue weighted by molar-refractivity contribution is 0.177. The normalized spacial score (nSPS) is 15.9. The van der Waals surface area contributed by atoms with Gasteiger partial charge < -0.3 is 5.11 Å². The Labute approximate surface area is 71.6 Å². The number of hydrogen-bond acceptors (Lipinski definition) is 1. The molecular formula is C9H11ClO. The van der Waals surface area contributed by atoms with E-state index in [0.29, 0.717) is 0 Å². The molecule has 0 saturated carbocycles. The van der Waals surface area contributed by atoms with Crippen molar-refractivity contribution in [2.24, 2.45) is 0 Å². The molecule has 0 heterocycles. The van der Waals surface area contributed by atoms with E-state index in [4.69, 9.17) is 11.6 Å². The van der Waals surface area contributed by atoms with E-state index in [-0.39, 0.29) is 5.38 Å². The van der Waals surface area contributed by atoms with E-state index in [1.807, 2.05) is 30.3 Å². The fraction of sp³-hybridized carbons (Fsp3) is 0.333. The molecule has 11 heavy (non-hydrogen) atoms. The van der Waals surface area contributed by atoms with E-state index >= 15 is 0 Å². The number of aliphatic hydroxyl groups is 1. The van der Waals surface area contributed by atoms with Crippen LogP contribution in [-0.4, -0.2) is 10.5 Å². The van der Waals surface area contributed by atoms with Crippen molar-refractivity contribution in [1.29, 1.82) is 0 Å². The Morgan fingerprint density at radius 3 is 2.27 bits per heavy atom. The first-order valence-electron chi connectivity index (χ1n) is 3.59. The standard InChI is InChI=1S/C9H11ClO/c1-7(10)9(11)8-5-3-2-4-6-8/h2-7,9,11H,1H3. The maximum absolute atomic E-state index is 9.47. The molecule has 60 valence electrons. The molecule has 0 bridgehead atoms. The lowest BCUT2D eigenvalue weighted by Gasteiger charge is -2.12. The molecule has 0 spiro atoms. The largest absolute Gasteiger partial charge is 0.387 e. The van der Waals surface area contributed by atoms with E-state index in [0.717, 1.165) is 5.56 Å². The summed E-state index contributed by atoms with van der Waals surface area (Å²) in [6.45, 7) is 1.78. The van der Waals surface area contributed by atoms with Crippen LogP contribution in [0.3, 0.4) is 0 Å². The summed E-state index contributed by atoms with van der Waals surface area (Å²) in [7, 11) is 0. The lowest BCUT2D eigenvalue weighted by Crippen LogP contribution is -2.07. The van der Waals surface area contributed by atoms with E-state index < -0.39 is 6.10 Å². The van der Waals surface area contributed by atoms with Crippen molar-refractivity contribution in [3.05, 3.63) is 35.9 Å². The van der Waals surface area contributed by atoms with Gasteiger partial charge in [0.05, 0.1) is 11.5 Å². The fourth-order valence-corrected chi connectivity index (χ4v) is 1.06. The highest BCUT2D eigenvalue weighted by molar-refractivity contribution is 6.20. The van der Waals surface area contributed by atoms with Gasteiger partial charge >= 0.3 is 0 Å². The van der Waals surface area contributed by atoms with Crippen molar-refractivity contribution < 1.29 is 5.11 Å². The van der Waals surface area contributed by atoms with Crippen molar-refractivity contribution >= 4 is 11.6 Å². The number of rotatable bonds is 2. The summed E-state index contributed by atoms with van der Waals surface area (Å²) in [6.07, 6.45) is -0.558. The average molecular weight is 171 g/mol. The summed E-state index contributed by atoms with van der Waals surface area (Å²) in [5.41, 5.74) is 0.870. The maximum Gasteiger partial charge on any atom is 0.0950 e. The second kappa shape index (κ2) is 3.74. The lowest BCUT2D eigenvalue weighted by atomic mass is 10.1. The molecule has 1 aromatic carbocycles. The summed E-state index contributed by atoms with van der Waals surface area (Å²) in [5, 5.41) is 9.23. The van der Waals surface area contributed by atoms with Crippen molar-refractivity contribution in [2.45, 2.75) is 18.4 Å².